The highest BCUT2D eigenvalue weighted by molar-refractivity contribution is 9.11. The minimum Gasteiger partial charge on any atom is -0.481 e. The Morgan fingerprint density at radius 2 is 1.78 bits per heavy atom. The van der Waals surface area contributed by atoms with Gasteiger partial charge in [0.15, 0.2) is 6.61 Å². The van der Waals surface area contributed by atoms with Crippen LogP contribution in [0, 0.1) is 5.82 Å². The molecule has 1 amide bonds. The Morgan fingerprint density at radius 1 is 1.17 bits per heavy atom. The van der Waals surface area contributed by atoms with Crippen LogP contribution in [0.4, 0.5) is 10.1 Å². The second-order valence-electron chi connectivity index (χ2n) is 4.39. The molecule has 120 valence electrons. The van der Waals surface area contributed by atoms with Gasteiger partial charge in [-0.25, -0.2) is 9.18 Å². The number of carboxylic acid groups (broad SMARTS) is 1. The molecule has 2 aromatic rings. The summed E-state index contributed by atoms with van der Waals surface area (Å²) in [5.41, 5.74) is 0.118. The predicted molar refractivity (Wildman–Crippen MR) is 89.3 cm³/mol. The highest BCUT2D eigenvalue weighted by Crippen LogP contribution is 2.34. The van der Waals surface area contributed by atoms with Gasteiger partial charge in [-0.15, -0.1) is 0 Å². The molecule has 0 atom stereocenters. The average molecular weight is 447 g/mol. The van der Waals surface area contributed by atoms with Crippen molar-refractivity contribution in [3.8, 4) is 5.75 Å². The maximum Gasteiger partial charge on any atom is 0.335 e. The quantitative estimate of drug-likeness (QED) is 0.725. The van der Waals surface area contributed by atoms with E-state index < -0.39 is 17.7 Å². The number of carbonyl (C=O) groups is 2. The van der Waals surface area contributed by atoms with E-state index in [0.717, 1.165) is 0 Å². The van der Waals surface area contributed by atoms with Crippen LogP contribution in [-0.4, -0.2) is 23.6 Å². The zero-order valence-corrected chi connectivity index (χ0v) is 14.6. The summed E-state index contributed by atoms with van der Waals surface area (Å²) in [6.07, 6.45) is 0. The third-order valence-corrected chi connectivity index (χ3v) is 3.92. The molecule has 0 aliphatic carbocycles. The molecule has 0 spiro atoms. The van der Waals surface area contributed by atoms with Crippen LogP contribution in [0.15, 0.2) is 45.3 Å². The number of nitrogens with one attached hydrogen (secondary N) is 1. The minimum absolute atomic E-state index is 0.0560. The Balaban J connectivity index is 2.05. The van der Waals surface area contributed by atoms with E-state index in [1.807, 2.05) is 0 Å². The topological polar surface area (TPSA) is 75.6 Å². The molecule has 0 aromatic heterocycles. The lowest BCUT2D eigenvalue weighted by Gasteiger charge is -2.11. The fourth-order valence-electron chi connectivity index (χ4n) is 1.71. The number of amides is 1. The summed E-state index contributed by atoms with van der Waals surface area (Å²) in [5, 5.41) is 11.3. The number of aromatic carboxylic acids is 1. The second kappa shape index (κ2) is 7.56. The zero-order valence-electron chi connectivity index (χ0n) is 11.5. The molecule has 8 heteroatoms. The van der Waals surface area contributed by atoms with Gasteiger partial charge in [-0.2, -0.15) is 0 Å². The first-order chi connectivity index (χ1) is 10.9. The molecule has 5 nitrogen and oxygen atoms in total. The van der Waals surface area contributed by atoms with Crippen LogP contribution in [-0.2, 0) is 4.79 Å². The first-order valence-electron chi connectivity index (χ1n) is 6.28. The van der Waals surface area contributed by atoms with Crippen molar-refractivity contribution < 1.29 is 23.8 Å². The van der Waals surface area contributed by atoms with Gasteiger partial charge in [0.1, 0.15) is 11.6 Å². The maximum atomic E-state index is 13.4. The molecular weight excluding hydrogens is 437 g/mol. The van der Waals surface area contributed by atoms with Gasteiger partial charge >= 0.3 is 5.97 Å². The number of halogens is 3. The molecule has 23 heavy (non-hydrogen) atoms. The molecule has 0 radical (unpaired) electrons. The Labute approximate surface area is 147 Å². The highest BCUT2D eigenvalue weighted by atomic mass is 79.9. The molecule has 0 aliphatic rings. The van der Waals surface area contributed by atoms with Gasteiger partial charge in [0.2, 0.25) is 0 Å². The number of rotatable bonds is 5. The van der Waals surface area contributed by atoms with Crippen LogP contribution in [0.25, 0.3) is 0 Å². The molecule has 0 aliphatic heterocycles. The molecule has 0 saturated heterocycles. The van der Waals surface area contributed by atoms with Gasteiger partial charge in [-0.1, -0.05) is 12.1 Å². The molecular formula is C15H10Br2FNO4. The second-order valence-corrected chi connectivity index (χ2v) is 6.10. The standard InChI is InChI=1S/C15H10Br2FNO4/c16-9-5-8(15(21)22)6-10(17)14(9)23-7-13(20)19-12-4-2-1-3-11(12)18/h1-6H,7H2,(H,19,20)(H,21,22). The van der Waals surface area contributed by atoms with E-state index in [-0.39, 0.29) is 23.6 Å². The third kappa shape index (κ3) is 4.52. The van der Waals surface area contributed by atoms with Crippen LogP contribution >= 0.6 is 31.9 Å². The van der Waals surface area contributed by atoms with Gasteiger partial charge in [0.05, 0.1) is 20.2 Å². The van der Waals surface area contributed by atoms with Crippen molar-refractivity contribution in [2.45, 2.75) is 0 Å². The Morgan fingerprint density at radius 3 is 2.35 bits per heavy atom. The van der Waals surface area contributed by atoms with Gasteiger partial charge < -0.3 is 15.2 Å². The van der Waals surface area contributed by atoms with Gasteiger partial charge in [0, 0.05) is 0 Å². The summed E-state index contributed by atoms with van der Waals surface area (Å²) in [4.78, 5) is 22.7. The van der Waals surface area contributed by atoms with Gasteiger partial charge in [-0.05, 0) is 56.1 Å². The minimum atomic E-state index is -1.09. The van der Waals surface area contributed by atoms with Crippen molar-refractivity contribution in [3.63, 3.8) is 0 Å². The number of carbonyl (C=O) groups excluding carboxylic acids is 1. The molecule has 0 unspecified atom stereocenters. The molecule has 2 aromatic carbocycles. The van der Waals surface area contributed by atoms with Gasteiger partial charge in [0.25, 0.3) is 5.91 Å². The van der Waals surface area contributed by atoms with Crippen LogP contribution in [0.2, 0.25) is 0 Å². The molecule has 0 saturated carbocycles. The van der Waals surface area contributed by atoms with E-state index >= 15 is 0 Å². The van der Waals surface area contributed by atoms with Crippen molar-refractivity contribution in [1.82, 2.24) is 0 Å². The lowest BCUT2D eigenvalue weighted by atomic mass is 10.2. The summed E-state index contributed by atoms with van der Waals surface area (Å²) >= 11 is 6.37. The van der Waals surface area contributed by atoms with Crippen molar-refractivity contribution in [1.29, 1.82) is 0 Å². The van der Waals surface area contributed by atoms with E-state index in [2.05, 4.69) is 37.2 Å². The summed E-state index contributed by atoms with van der Waals surface area (Å²) in [6.45, 7) is -0.363. The smallest absolute Gasteiger partial charge is 0.335 e. The summed E-state index contributed by atoms with van der Waals surface area (Å²) < 4.78 is 19.5. The van der Waals surface area contributed by atoms with Crippen LogP contribution in [0.3, 0.4) is 0 Å². The molecule has 2 N–H and O–H groups in total. The number of para-hydroxylation sites is 1. The normalized spacial score (nSPS) is 10.2. The first kappa shape index (κ1) is 17.4. The van der Waals surface area contributed by atoms with Crippen molar-refractivity contribution in [2.75, 3.05) is 11.9 Å². The summed E-state index contributed by atoms with van der Waals surface area (Å²) in [7, 11) is 0. The van der Waals surface area contributed by atoms with E-state index in [4.69, 9.17) is 9.84 Å². The number of carboxylic acids is 1. The lowest BCUT2D eigenvalue weighted by Crippen LogP contribution is -2.21. The Bertz CT molecular complexity index is 744. The Hall–Kier alpha value is -1.93. The fourth-order valence-corrected chi connectivity index (χ4v) is 3.12. The van der Waals surface area contributed by atoms with E-state index in [9.17, 15) is 14.0 Å². The molecule has 0 heterocycles. The van der Waals surface area contributed by atoms with Crippen molar-refractivity contribution in [2.24, 2.45) is 0 Å². The maximum absolute atomic E-state index is 13.4. The zero-order chi connectivity index (χ0) is 17.0. The Kier molecular flexibility index (Phi) is 5.73. The van der Waals surface area contributed by atoms with Crippen LogP contribution in [0.5, 0.6) is 5.75 Å². The van der Waals surface area contributed by atoms with Gasteiger partial charge in [-0.3, -0.25) is 4.79 Å². The monoisotopic (exact) mass is 445 g/mol. The first-order valence-corrected chi connectivity index (χ1v) is 7.86. The largest absolute Gasteiger partial charge is 0.481 e. The van der Waals surface area contributed by atoms with E-state index in [1.165, 1.54) is 30.3 Å². The van der Waals surface area contributed by atoms with Crippen molar-refractivity contribution in [3.05, 3.63) is 56.7 Å². The number of anilines is 1. The third-order valence-electron chi connectivity index (χ3n) is 2.74. The van der Waals surface area contributed by atoms with Crippen LogP contribution in [0.1, 0.15) is 10.4 Å². The van der Waals surface area contributed by atoms with Crippen molar-refractivity contribution >= 4 is 49.4 Å². The fraction of sp³-hybridized carbons (Fsp3) is 0.0667. The molecule has 2 rings (SSSR count). The number of hydrogen-bond acceptors (Lipinski definition) is 3. The highest BCUT2D eigenvalue weighted by Gasteiger charge is 2.14. The molecule has 0 bridgehead atoms. The summed E-state index contributed by atoms with van der Waals surface area (Å²) in [5.74, 6) is -1.90. The predicted octanol–water partition coefficient (Wildman–Crippen LogP) is 4.07. The SMILES string of the molecule is O=C(COc1c(Br)cc(C(=O)O)cc1Br)Nc1ccccc1F. The average Bonchev–Trinajstić information content (AvgIpc) is 2.48. The molecule has 0 fully saturated rings. The van der Waals surface area contributed by atoms with E-state index in [0.29, 0.717) is 8.95 Å². The summed E-state index contributed by atoms with van der Waals surface area (Å²) in [6, 6.07) is 8.49. The lowest BCUT2D eigenvalue weighted by molar-refractivity contribution is -0.118. The number of benzene rings is 2. The number of ether oxygens (including phenoxy) is 1. The van der Waals surface area contributed by atoms with E-state index in [1.54, 1.807) is 6.07 Å². The number of hydrogen-bond donors (Lipinski definition) is 2. The van der Waals surface area contributed by atoms with Crippen LogP contribution < -0.4 is 10.1 Å².